The third-order valence-corrected chi connectivity index (χ3v) is 4.73. The molecule has 88 valence electrons. The number of hydrogen-bond acceptors (Lipinski definition) is 4. The topological polar surface area (TPSA) is 43.1 Å². The third kappa shape index (κ3) is 3.37. The molecule has 0 radical (unpaired) electrons. The number of primary amides is 1. The molecule has 0 saturated carbocycles. The molecule has 5 heteroatoms. The van der Waals surface area contributed by atoms with E-state index < -0.39 is 0 Å². The van der Waals surface area contributed by atoms with Crippen molar-refractivity contribution in [3.05, 3.63) is 17.7 Å². The molecule has 0 atom stereocenters. The second kappa shape index (κ2) is 6.47. The van der Waals surface area contributed by atoms with Crippen molar-refractivity contribution >= 4 is 41.2 Å². The number of thioether (sulfide) groups is 3. The van der Waals surface area contributed by atoms with Gasteiger partial charge in [0.1, 0.15) is 0 Å². The molecule has 0 fully saturated rings. The Labute approximate surface area is 109 Å². The quantitative estimate of drug-likeness (QED) is 0.838. The fourth-order valence-electron chi connectivity index (χ4n) is 1.44. The molecule has 0 spiro atoms. The van der Waals surface area contributed by atoms with E-state index in [1.165, 1.54) is 14.7 Å². The highest BCUT2D eigenvalue weighted by molar-refractivity contribution is 8.03. The highest BCUT2D eigenvalue weighted by Crippen LogP contribution is 2.37. The average Bonchev–Trinajstić information content (AvgIpc) is 2.26. The van der Waals surface area contributed by atoms with Gasteiger partial charge < -0.3 is 5.73 Å². The van der Waals surface area contributed by atoms with E-state index in [2.05, 4.69) is 18.4 Å². The second-order valence-electron chi connectivity index (χ2n) is 3.18. The van der Waals surface area contributed by atoms with Crippen LogP contribution in [0, 0.1) is 0 Å². The Hall–Kier alpha value is -0.260. The predicted octanol–water partition coefficient (Wildman–Crippen LogP) is 2.88. The first-order valence-corrected chi connectivity index (χ1v) is 8.37. The monoisotopic (exact) mass is 273 g/mol. The molecular weight excluding hydrogens is 258 g/mol. The molecule has 0 aliphatic heterocycles. The lowest BCUT2D eigenvalue weighted by Gasteiger charge is -2.12. The van der Waals surface area contributed by atoms with Crippen LogP contribution >= 0.6 is 35.3 Å². The van der Waals surface area contributed by atoms with Crippen molar-refractivity contribution in [3.8, 4) is 0 Å². The van der Waals surface area contributed by atoms with Crippen LogP contribution in [-0.4, -0.2) is 24.7 Å². The number of rotatable bonds is 5. The van der Waals surface area contributed by atoms with E-state index in [9.17, 15) is 4.79 Å². The maximum Gasteiger partial charge on any atom is 0.221 e. The lowest BCUT2D eigenvalue weighted by atomic mass is 10.1. The van der Waals surface area contributed by atoms with Crippen molar-refractivity contribution in [1.29, 1.82) is 0 Å². The summed E-state index contributed by atoms with van der Waals surface area (Å²) in [6.07, 6.45) is 6.48. The lowest BCUT2D eigenvalue weighted by Crippen LogP contribution is -2.13. The molecule has 1 aromatic rings. The summed E-state index contributed by atoms with van der Waals surface area (Å²) < 4.78 is 0. The second-order valence-corrected chi connectivity index (χ2v) is 5.69. The largest absolute Gasteiger partial charge is 0.369 e. The molecular formula is C11H15NOS3. The van der Waals surface area contributed by atoms with Crippen LogP contribution in [0.2, 0.25) is 0 Å². The summed E-state index contributed by atoms with van der Waals surface area (Å²) >= 11 is 5.15. The first kappa shape index (κ1) is 13.8. The van der Waals surface area contributed by atoms with Crippen LogP contribution < -0.4 is 5.73 Å². The smallest absolute Gasteiger partial charge is 0.221 e. The third-order valence-electron chi connectivity index (χ3n) is 2.10. The van der Waals surface area contributed by atoms with Crippen molar-refractivity contribution in [2.45, 2.75) is 21.1 Å². The fraction of sp³-hybridized carbons (Fsp3) is 0.364. The standard InChI is InChI=1S/C11H15NOS3/c1-14-8-4-7(6-10(12)13)5-9(15-2)11(8)16-3/h4-5H,6H2,1-3H3,(H2,12,13). The number of nitrogens with two attached hydrogens (primary N) is 1. The van der Waals surface area contributed by atoms with Crippen LogP contribution in [0.3, 0.4) is 0 Å². The summed E-state index contributed by atoms with van der Waals surface area (Å²) in [5, 5.41) is 0. The first-order valence-electron chi connectivity index (χ1n) is 4.69. The fourth-order valence-corrected chi connectivity index (χ4v) is 4.15. The number of benzene rings is 1. The van der Waals surface area contributed by atoms with Crippen LogP contribution in [0.25, 0.3) is 0 Å². The van der Waals surface area contributed by atoms with Crippen LogP contribution in [0.4, 0.5) is 0 Å². The molecule has 0 saturated heterocycles. The Kier molecular flexibility index (Phi) is 5.58. The molecule has 1 amide bonds. The molecule has 1 aromatic carbocycles. The molecule has 2 N–H and O–H groups in total. The van der Waals surface area contributed by atoms with Crippen LogP contribution in [0.1, 0.15) is 5.56 Å². The van der Waals surface area contributed by atoms with E-state index in [0.29, 0.717) is 6.42 Å². The summed E-state index contributed by atoms with van der Waals surface area (Å²) in [4.78, 5) is 14.6. The zero-order valence-corrected chi connectivity index (χ0v) is 12.0. The molecule has 0 aromatic heterocycles. The SMILES string of the molecule is CSc1cc(CC(N)=O)cc(SC)c1SC. The molecule has 0 unspecified atom stereocenters. The number of amides is 1. The minimum atomic E-state index is -0.281. The molecule has 2 nitrogen and oxygen atoms in total. The van der Waals surface area contributed by atoms with Gasteiger partial charge in [0, 0.05) is 14.7 Å². The molecule has 0 aliphatic carbocycles. The molecule has 16 heavy (non-hydrogen) atoms. The molecule has 0 aliphatic rings. The van der Waals surface area contributed by atoms with E-state index in [-0.39, 0.29) is 5.91 Å². The maximum atomic E-state index is 10.9. The van der Waals surface area contributed by atoms with Gasteiger partial charge in [-0.15, -0.1) is 35.3 Å². The van der Waals surface area contributed by atoms with E-state index in [0.717, 1.165) is 5.56 Å². The highest BCUT2D eigenvalue weighted by atomic mass is 32.2. The van der Waals surface area contributed by atoms with E-state index in [1.807, 2.05) is 12.5 Å². The van der Waals surface area contributed by atoms with Crippen molar-refractivity contribution < 1.29 is 4.79 Å². The van der Waals surface area contributed by atoms with Crippen molar-refractivity contribution in [2.75, 3.05) is 18.8 Å². The number of hydrogen-bond donors (Lipinski definition) is 1. The van der Waals surface area contributed by atoms with Crippen LogP contribution in [0.15, 0.2) is 26.8 Å². The summed E-state index contributed by atoms with van der Waals surface area (Å²) in [5.41, 5.74) is 6.22. The zero-order valence-electron chi connectivity index (χ0n) is 9.57. The Morgan fingerprint density at radius 2 is 1.62 bits per heavy atom. The number of carbonyl (C=O) groups is 1. The van der Waals surface area contributed by atoms with Gasteiger partial charge in [0.2, 0.25) is 5.91 Å². The van der Waals surface area contributed by atoms with Crippen molar-refractivity contribution in [2.24, 2.45) is 5.73 Å². The van der Waals surface area contributed by atoms with Crippen LogP contribution in [0.5, 0.6) is 0 Å². The summed E-state index contributed by atoms with van der Waals surface area (Å²) in [6.45, 7) is 0. The van der Waals surface area contributed by atoms with E-state index in [1.54, 1.807) is 35.3 Å². The Balaban J connectivity index is 3.20. The predicted molar refractivity (Wildman–Crippen MR) is 74.7 cm³/mol. The minimum absolute atomic E-state index is 0.281. The van der Waals surface area contributed by atoms with Crippen molar-refractivity contribution in [1.82, 2.24) is 0 Å². The molecule has 0 bridgehead atoms. The zero-order chi connectivity index (χ0) is 12.1. The van der Waals surface area contributed by atoms with E-state index >= 15 is 0 Å². The van der Waals surface area contributed by atoms with Crippen LogP contribution in [-0.2, 0) is 11.2 Å². The molecule has 0 heterocycles. The Morgan fingerprint density at radius 3 is 1.94 bits per heavy atom. The van der Waals surface area contributed by atoms with Gasteiger partial charge in [0.05, 0.1) is 6.42 Å². The van der Waals surface area contributed by atoms with Gasteiger partial charge in [-0.1, -0.05) is 0 Å². The normalized spacial score (nSPS) is 10.4. The number of carbonyl (C=O) groups excluding carboxylic acids is 1. The van der Waals surface area contributed by atoms with Gasteiger partial charge in [0.25, 0.3) is 0 Å². The van der Waals surface area contributed by atoms with Crippen molar-refractivity contribution in [3.63, 3.8) is 0 Å². The lowest BCUT2D eigenvalue weighted by molar-refractivity contribution is -0.117. The maximum absolute atomic E-state index is 10.9. The summed E-state index contributed by atoms with van der Waals surface area (Å²) in [7, 11) is 0. The van der Waals surface area contributed by atoms with Gasteiger partial charge in [-0.3, -0.25) is 4.79 Å². The highest BCUT2D eigenvalue weighted by Gasteiger charge is 2.10. The van der Waals surface area contributed by atoms with Gasteiger partial charge in [-0.25, -0.2) is 0 Å². The average molecular weight is 273 g/mol. The van der Waals surface area contributed by atoms with Gasteiger partial charge in [-0.05, 0) is 36.5 Å². The van der Waals surface area contributed by atoms with E-state index in [4.69, 9.17) is 5.73 Å². The summed E-state index contributed by atoms with van der Waals surface area (Å²) in [6, 6.07) is 4.11. The van der Waals surface area contributed by atoms with Gasteiger partial charge >= 0.3 is 0 Å². The molecule has 1 rings (SSSR count). The Morgan fingerprint density at radius 1 is 1.12 bits per heavy atom. The summed E-state index contributed by atoms with van der Waals surface area (Å²) in [5.74, 6) is -0.281. The Bertz CT molecular complexity index is 368. The minimum Gasteiger partial charge on any atom is -0.369 e. The van der Waals surface area contributed by atoms with Gasteiger partial charge in [-0.2, -0.15) is 0 Å². The first-order chi connectivity index (χ1) is 7.62. The van der Waals surface area contributed by atoms with Gasteiger partial charge in [0.15, 0.2) is 0 Å².